The van der Waals surface area contributed by atoms with Crippen molar-refractivity contribution in [1.82, 2.24) is 20.4 Å². The Bertz CT molecular complexity index is 1220. The zero-order chi connectivity index (χ0) is 22.5. The third kappa shape index (κ3) is 4.80. The summed E-state index contributed by atoms with van der Waals surface area (Å²) in [7, 11) is 1.58. The van der Waals surface area contributed by atoms with E-state index >= 15 is 0 Å². The van der Waals surface area contributed by atoms with Crippen LogP contribution in [0.15, 0.2) is 53.1 Å². The van der Waals surface area contributed by atoms with Gasteiger partial charge in [-0.25, -0.2) is 4.98 Å². The van der Waals surface area contributed by atoms with Crippen molar-refractivity contribution in [1.29, 1.82) is 0 Å². The summed E-state index contributed by atoms with van der Waals surface area (Å²) in [5.41, 5.74) is 4.34. The Morgan fingerprint density at radius 3 is 2.78 bits per heavy atom. The van der Waals surface area contributed by atoms with Crippen molar-refractivity contribution in [2.75, 3.05) is 7.11 Å². The summed E-state index contributed by atoms with van der Waals surface area (Å²) in [6, 6.07) is 13.2. The highest BCUT2D eigenvalue weighted by atomic mass is 16.5. The van der Waals surface area contributed by atoms with Crippen LogP contribution in [0.2, 0.25) is 0 Å². The SMILES string of the molecule is COc1cc(/C=C/C(=O)NCc2nc3ccccc3[nH]2)ccc1OCc1c(C)noc1C. The third-order valence-electron chi connectivity index (χ3n) is 5.04. The molecule has 0 bridgehead atoms. The number of para-hydroxylation sites is 2. The lowest BCUT2D eigenvalue weighted by Crippen LogP contribution is -2.20. The number of methoxy groups -OCH3 is 1. The van der Waals surface area contributed by atoms with Crippen LogP contribution in [0.25, 0.3) is 17.1 Å². The molecule has 32 heavy (non-hydrogen) atoms. The molecule has 0 fully saturated rings. The quantitative estimate of drug-likeness (QED) is 0.407. The number of nitrogens with one attached hydrogen (secondary N) is 2. The van der Waals surface area contributed by atoms with Crippen molar-refractivity contribution >= 4 is 23.0 Å². The fourth-order valence-corrected chi connectivity index (χ4v) is 3.26. The Balaban J connectivity index is 1.36. The zero-order valence-corrected chi connectivity index (χ0v) is 18.1. The Kier molecular flexibility index (Phi) is 6.21. The maximum Gasteiger partial charge on any atom is 0.244 e. The first kappa shape index (κ1) is 21.2. The van der Waals surface area contributed by atoms with E-state index in [1.54, 1.807) is 13.2 Å². The number of aromatic amines is 1. The molecule has 2 aromatic heterocycles. The molecular formula is C24H24N4O4. The highest BCUT2D eigenvalue weighted by molar-refractivity contribution is 5.91. The van der Waals surface area contributed by atoms with E-state index in [1.165, 1.54) is 6.08 Å². The van der Waals surface area contributed by atoms with E-state index in [9.17, 15) is 4.79 Å². The average Bonchev–Trinajstić information content (AvgIpc) is 3.37. The standard InChI is InChI=1S/C24H24N4O4/c1-15-18(16(2)32-28-15)14-31-21-10-8-17(12-22(21)30-3)9-11-24(29)25-13-23-26-19-6-4-5-7-20(19)27-23/h4-12H,13-14H2,1-3H3,(H,25,29)(H,26,27)/b11-9+. The Morgan fingerprint density at radius 1 is 1.19 bits per heavy atom. The number of fused-ring (bicyclic) bond motifs is 1. The van der Waals surface area contributed by atoms with Crippen LogP contribution < -0.4 is 14.8 Å². The van der Waals surface area contributed by atoms with Gasteiger partial charge in [-0.05, 0) is 49.8 Å². The molecule has 2 aromatic carbocycles. The molecule has 164 valence electrons. The molecule has 0 radical (unpaired) electrons. The molecule has 4 aromatic rings. The Labute approximate surface area is 185 Å². The van der Waals surface area contributed by atoms with Gasteiger partial charge in [0, 0.05) is 6.08 Å². The summed E-state index contributed by atoms with van der Waals surface area (Å²) >= 11 is 0. The van der Waals surface area contributed by atoms with Crippen molar-refractivity contribution in [3.63, 3.8) is 0 Å². The van der Waals surface area contributed by atoms with Gasteiger partial charge in [-0.15, -0.1) is 0 Å². The summed E-state index contributed by atoms with van der Waals surface area (Å²) in [6.07, 6.45) is 3.19. The number of aryl methyl sites for hydroxylation is 2. The number of carbonyl (C=O) groups is 1. The van der Waals surface area contributed by atoms with E-state index in [2.05, 4.69) is 20.4 Å². The van der Waals surface area contributed by atoms with E-state index in [0.29, 0.717) is 30.5 Å². The van der Waals surface area contributed by atoms with Gasteiger partial charge >= 0.3 is 0 Å². The minimum Gasteiger partial charge on any atom is -0.493 e. The lowest BCUT2D eigenvalue weighted by molar-refractivity contribution is -0.116. The summed E-state index contributed by atoms with van der Waals surface area (Å²) in [5, 5.41) is 6.76. The van der Waals surface area contributed by atoms with Gasteiger partial charge in [0.05, 0.1) is 35.9 Å². The molecule has 0 saturated heterocycles. The number of rotatable bonds is 8. The van der Waals surface area contributed by atoms with Crippen LogP contribution in [0.1, 0.15) is 28.4 Å². The molecule has 1 amide bonds. The number of benzene rings is 2. The summed E-state index contributed by atoms with van der Waals surface area (Å²) < 4.78 is 16.5. The van der Waals surface area contributed by atoms with Gasteiger partial charge in [-0.2, -0.15) is 0 Å². The maximum absolute atomic E-state index is 12.2. The van der Waals surface area contributed by atoms with Gasteiger partial charge in [0.15, 0.2) is 11.5 Å². The number of H-pyrrole nitrogens is 1. The van der Waals surface area contributed by atoms with Crippen molar-refractivity contribution < 1.29 is 18.8 Å². The number of hydrogen-bond acceptors (Lipinski definition) is 6. The van der Waals surface area contributed by atoms with Crippen LogP contribution in [0.5, 0.6) is 11.5 Å². The van der Waals surface area contributed by atoms with Gasteiger partial charge < -0.3 is 24.3 Å². The second kappa shape index (κ2) is 9.38. The van der Waals surface area contributed by atoms with Crippen molar-refractivity contribution in [3.8, 4) is 11.5 Å². The average molecular weight is 432 g/mol. The molecule has 4 rings (SSSR count). The largest absolute Gasteiger partial charge is 0.493 e. The lowest BCUT2D eigenvalue weighted by atomic mass is 10.2. The fourth-order valence-electron chi connectivity index (χ4n) is 3.26. The molecule has 0 aliphatic heterocycles. The molecule has 0 saturated carbocycles. The van der Waals surface area contributed by atoms with E-state index in [1.807, 2.05) is 56.3 Å². The number of nitrogens with zero attached hydrogens (tertiary/aromatic N) is 2. The molecule has 0 aliphatic rings. The van der Waals surface area contributed by atoms with Crippen LogP contribution in [-0.4, -0.2) is 28.1 Å². The normalized spacial score (nSPS) is 11.2. The zero-order valence-electron chi connectivity index (χ0n) is 18.1. The number of aromatic nitrogens is 3. The molecule has 2 heterocycles. The van der Waals surface area contributed by atoms with Crippen molar-refractivity contribution in [2.24, 2.45) is 0 Å². The minimum absolute atomic E-state index is 0.219. The predicted octanol–water partition coefficient (Wildman–Crippen LogP) is 4.08. The van der Waals surface area contributed by atoms with E-state index in [-0.39, 0.29) is 5.91 Å². The highest BCUT2D eigenvalue weighted by Crippen LogP contribution is 2.30. The van der Waals surface area contributed by atoms with Crippen molar-refractivity contribution in [2.45, 2.75) is 27.0 Å². The van der Waals surface area contributed by atoms with Gasteiger partial charge in [0.1, 0.15) is 18.2 Å². The van der Waals surface area contributed by atoms with E-state index in [0.717, 1.165) is 33.6 Å². The molecular weight excluding hydrogens is 408 g/mol. The maximum atomic E-state index is 12.2. The number of imidazole rings is 1. The molecule has 0 atom stereocenters. The monoisotopic (exact) mass is 432 g/mol. The predicted molar refractivity (Wildman–Crippen MR) is 120 cm³/mol. The minimum atomic E-state index is -0.219. The highest BCUT2D eigenvalue weighted by Gasteiger charge is 2.12. The van der Waals surface area contributed by atoms with Crippen LogP contribution in [0.3, 0.4) is 0 Å². The van der Waals surface area contributed by atoms with Crippen LogP contribution >= 0.6 is 0 Å². The second-order valence-electron chi connectivity index (χ2n) is 7.25. The van der Waals surface area contributed by atoms with Gasteiger partial charge in [0.25, 0.3) is 0 Å². The molecule has 8 heteroatoms. The van der Waals surface area contributed by atoms with Gasteiger partial charge in [-0.1, -0.05) is 23.4 Å². The molecule has 0 aliphatic carbocycles. The Hall–Kier alpha value is -4.07. The molecule has 2 N–H and O–H groups in total. The smallest absolute Gasteiger partial charge is 0.244 e. The number of amides is 1. The first-order valence-corrected chi connectivity index (χ1v) is 10.2. The fraction of sp³-hybridized carbons (Fsp3) is 0.208. The van der Waals surface area contributed by atoms with Crippen molar-refractivity contribution in [3.05, 3.63) is 76.9 Å². The lowest BCUT2D eigenvalue weighted by Gasteiger charge is -2.11. The first-order valence-electron chi connectivity index (χ1n) is 10.2. The summed E-state index contributed by atoms with van der Waals surface area (Å²) in [4.78, 5) is 19.8. The second-order valence-corrected chi connectivity index (χ2v) is 7.25. The molecule has 8 nitrogen and oxygen atoms in total. The van der Waals surface area contributed by atoms with Crippen LogP contribution in [-0.2, 0) is 17.9 Å². The third-order valence-corrected chi connectivity index (χ3v) is 5.04. The Morgan fingerprint density at radius 2 is 2.03 bits per heavy atom. The topological polar surface area (TPSA) is 102 Å². The molecule has 0 spiro atoms. The summed E-state index contributed by atoms with van der Waals surface area (Å²) in [6.45, 7) is 4.37. The van der Waals surface area contributed by atoms with Gasteiger partial charge in [-0.3, -0.25) is 4.79 Å². The van der Waals surface area contributed by atoms with Crippen LogP contribution in [0.4, 0.5) is 0 Å². The number of ether oxygens (including phenoxy) is 2. The number of hydrogen-bond donors (Lipinski definition) is 2. The van der Waals surface area contributed by atoms with Gasteiger partial charge in [0.2, 0.25) is 5.91 Å². The first-order chi connectivity index (χ1) is 15.5. The van der Waals surface area contributed by atoms with E-state index in [4.69, 9.17) is 14.0 Å². The number of carbonyl (C=O) groups excluding carboxylic acids is 1. The van der Waals surface area contributed by atoms with Crippen LogP contribution in [0, 0.1) is 13.8 Å². The molecule has 0 unspecified atom stereocenters. The summed E-state index contributed by atoms with van der Waals surface area (Å²) in [5.74, 6) is 2.38. The van der Waals surface area contributed by atoms with E-state index < -0.39 is 0 Å².